The second-order valence-electron chi connectivity index (χ2n) is 12.1. The van der Waals surface area contributed by atoms with Gasteiger partial charge in [-0.05, 0) is 69.3 Å². The molecular formula is C33H43N7O7S. The van der Waals surface area contributed by atoms with E-state index in [0.717, 1.165) is 4.88 Å². The molecule has 0 aliphatic rings. The fourth-order valence-electron chi connectivity index (χ4n) is 4.86. The van der Waals surface area contributed by atoms with E-state index in [1.807, 2.05) is 31.4 Å². The van der Waals surface area contributed by atoms with Crippen molar-refractivity contribution in [3.8, 4) is 17.1 Å². The Balaban J connectivity index is 1.28. The van der Waals surface area contributed by atoms with Gasteiger partial charge in [0.25, 0.3) is 11.5 Å². The number of benzene rings is 1. The van der Waals surface area contributed by atoms with E-state index >= 15 is 0 Å². The predicted molar refractivity (Wildman–Crippen MR) is 183 cm³/mol. The fraction of sp³-hybridized carbons (Fsp3) is 0.455. The van der Waals surface area contributed by atoms with Gasteiger partial charge in [-0.3, -0.25) is 23.5 Å². The first-order chi connectivity index (χ1) is 22.9. The van der Waals surface area contributed by atoms with Crippen LogP contribution in [0.3, 0.4) is 0 Å². The minimum atomic E-state index is -0.846. The molecule has 0 spiro atoms. The number of aromatic amines is 1. The lowest BCUT2D eigenvalue weighted by Crippen LogP contribution is -2.50. The van der Waals surface area contributed by atoms with Gasteiger partial charge in [-0.2, -0.15) is 0 Å². The average molecular weight is 682 g/mol. The van der Waals surface area contributed by atoms with E-state index < -0.39 is 29.2 Å². The van der Waals surface area contributed by atoms with E-state index in [9.17, 15) is 24.0 Å². The Morgan fingerprint density at radius 1 is 0.979 bits per heavy atom. The number of nitrogens with zero attached hydrogens (tertiary/aromatic N) is 3. The number of amides is 3. The van der Waals surface area contributed by atoms with E-state index in [1.54, 1.807) is 45.0 Å². The largest absolute Gasteiger partial charge is 0.484 e. The summed E-state index contributed by atoms with van der Waals surface area (Å²) in [5.74, 6) is 0.0939. The first-order valence-electron chi connectivity index (χ1n) is 15.9. The number of alkyl carbamates (subject to hydrolysis) is 1. The summed E-state index contributed by atoms with van der Waals surface area (Å²) in [5.41, 5.74) is -0.207. The quantitative estimate of drug-likeness (QED) is 0.138. The molecule has 48 heavy (non-hydrogen) atoms. The molecule has 4 rings (SSSR count). The summed E-state index contributed by atoms with van der Waals surface area (Å²) < 4.78 is 13.7. The molecule has 0 radical (unpaired) electrons. The molecule has 1 atom stereocenters. The Labute approximate surface area is 281 Å². The molecule has 0 saturated carbocycles. The zero-order valence-electron chi connectivity index (χ0n) is 27.9. The standard InChI is InChI=1S/C33H43N7O7S/c1-6-16-39-28-26(30(43)40(17-7-2)32(39)45)37-27(38-28)21-10-12-22(13-11-21)46-20-25(41)34-14-15-35-29(42)24(19-23-9-8-18-48-23)36-31(44)47-33(3,4)5/h8-13,18,24H,6-7,14-17,19-20H2,1-5H3,(H,34,41)(H,35,42)(H,36,44)(H,37,38)/t24-/m1/s1. The van der Waals surface area contributed by atoms with Gasteiger partial charge in [0.05, 0.1) is 0 Å². The highest BCUT2D eigenvalue weighted by Gasteiger charge is 2.25. The second-order valence-corrected chi connectivity index (χ2v) is 13.1. The number of carbonyl (C=O) groups excluding carboxylic acids is 3. The number of carbonyl (C=O) groups is 3. The van der Waals surface area contributed by atoms with Crippen molar-refractivity contribution in [3.63, 3.8) is 0 Å². The smallest absolute Gasteiger partial charge is 0.408 e. The number of hydrogen-bond acceptors (Lipinski definition) is 9. The van der Waals surface area contributed by atoms with Crippen LogP contribution < -0.4 is 31.9 Å². The van der Waals surface area contributed by atoms with Crippen molar-refractivity contribution >= 4 is 40.4 Å². The van der Waals surface area contributed by atoms with Crippen LogP contribution in [0.25, 0.3) is 22.6 Å². The molecule has 0 bridgehead atoms. The van der Waals surface area contributed by atoms with Gasteiger partial charge in [0, 0.05) is 43.0 Å². The van der Waals surface area contributed by atoms with Crippen LogP contribution >= 0.6 is 11.3 Å². The van der Waals surface area contributed by atoms with Crippen molar-refractivity contribution in [2.45, 2.75) is 78.6 Å². The zero-order chi connectivity index (χ0) is 34.8. The molecular weight excluding hydrogens is 638 g/mol. The summed E-state index contributed by atoms with van der Waals surface area (Å²) in [4.78, 5) is 72.1. The van der Waals surface area contributed by atoms with Crippen LogP contribution in [0, 0.1) is 0 Å². The summed E-state index contributed by atoms with van der Waals surface area (Å²) in [5, 5.41) is 9.96. The van der Waals surface area contributed by atoms with Crippen molar-refractivity contribution in [1.82, 2.24) is 35.1 Å². The molecule has 14 nitrogen and oxygen atoms in total. The van der Waals surface area contributed by atoms with Crippen molar-refractivity contribution < 1.29 is 23.9 Å². The molecule has 4 aromatic rings. The molecule has 3 aromatic heterocycles. The van der Waals surface area contributed by atoms with Crippen molar-refractivity contribution in [2.24, 2.45) is 0 Å². The second kappa shape index (κ2) is 16.3. The lowest BCUT2D eigenvalue weighted by Gasteiger charge is -2.23. The van der Waals surface area contributed by atoms with Crippen molar-refractivity contribution in [2.75, 3.05) is 19.7 Å². The van der Waals surface area contributed by atoms with Gasteiger partial charge in [-0.25, -0.2) is 14.6 Å². The Kier molecular flexibility index (Phi) is 12.2. The van der Waals surface area contributed by atoms with E-state index in [4.69, 9.17) is 9.47 Å². The average Bonchev–Trinajstić information content (AvgIpc) is 3.72. The van der Waals surface area contributed by atoms with Crippen LogP contribution in [0.5, 0.6) is 5.75 Å². The molecule has 258 valence electrons. The van der Waals surface area contributed by atoms with Crippen LogP contribution in [0.1, 0.15) is 52.3 Å². The molecule has 0 unspecified atom stereocenters. The maximum absolute atomic E-state index is 13.0. The monoisotopic (exact) mass is 681 g/mol. The number of fused-ring (bicyclic) bond motifs is 1. The van der Waals surface area contributed by atoms with E-state index in [2.05, 4.69) is 25.9 Å². The molecule has 3 heterocycles. The van der Waals surface area contributed by atoms with E-state index in [-0.39, 0.29) is 36.8 Å². The summed E-state index contributed by atoms with van der Waals surface area (Å²) in [7, 11) is 0. The highest BCUT2D eigenvalue weighted by Crippen LogP contribution is 2.22. The van der Waals surface area contributed by atoms with Crippen LogP contribution in [-0.4, -0.2) is 68.3 Å². The SMILES string of the molecule is CCCn1c(=O)c2[nH]c(-c3ccc(OCC(=O)NCCNC(=O)[C@@H](Cc4cccs4)NC(=O)OC(C)(C)C)cc3)nc2n(CCC)c1=O. The molecule has 0 fully saturated rings. The maximum atomic E-state index is 13.0. The van der Waals surface area contributed by atoms with Gasteiger partial charge in [0.15, 0.2) is 12.3 Å². The lowest BCUT2D eigenvalue weighted by molar-refractivity contribution is -0.124. The highest BCUT2D eigenvalue weighted by atomic mass is 32.1. The third kappa shape index (κ3) is 9.56. The van der Waals surface area contributed by atoms with E-state index in [0.29, 0.717) is 55.1 Å². The van der Waals surface area contributed by atoms with Crippen LogP contribution in [0.2, 0.25) is 0 Å². The number of ether oxygens (including phenoxy) is 2. The number of H-pyrrole nitrogens is 1. The first-order valence-corrected chi connectivity index (χ1v) is 16.8. The highest BCUT2D eigenvalue weighted by molar-refractivity contribution is 7.09. The predicted octanol–water partition coefficient (Wildman–Crippen LogP) is 3.18. The number of aryl methyl sites for hydroxylation is 1. The summed E-state index contributed by atoms with van der Waals surface area (Å²) in [6.07, 6.45) is 0.969. The summed E-state index contributed by atoms with van der Waals surface area (Å²) >= 11 is 1.48. The van der Waals surface area contributed by atoms with Gasteiger partial charge in [0.1, 0.15) is 28.7 Å². The van der Waals surface area contributed by atoms with Crippen molar-refractivity contribution in [1.29, 1.82) is 0 Å². The molecule has 4 N–H and O–H groups in total. The topological polar surface area (TPSA) is 178 Å². The molecule has 15 heteroatoms. The van der Waals surface area contributed by atoms with Gasteiger partial charge >= 0.3 is 11.8 Å². The lowest BCUT2D eigenvalue weighted by atomic mass is 10.1. The third-order valence-corrected chi connectivity index (χ3v) is 7.89. The molecule has 0 aliphatic carbocycles. The number of thiophene rings is 1. The van der Waals surface area contributed by atoms with Crippen LogP contribution in [0.4, 0.5) is 4.79 Å². The number of rotatable bonds is 15. The maximum Gasteiger partial charge on any atom is 0.408 e. The van der Waals surface area contributed by atoms with Gasteiger partial charge in [0.2, 0.25) is 5.91 Å². The number of imidazole rings is 1. The van der Waals surface area contributed by atoms with Gasteiger partial charge in [-0.1, -0.05) is 19.9 Å². The molecule has 1 aromatic carbocycles. The Hall–Kier alpha value is -4.92. The number of aromatic nitrogens is 4. The molecule has 0 aliphatic heterocycles. The molecule has 0 saturated heterocycles. The fourth-order valence-corrected chi connectivity index (χ4v) is 5.61. The number of nitrogens with one attached hydrogen (secondary N) is 4. The zero-order valence-corrected chi connectivity index (χ0v) is 28.7. The normalized spacial score (nSPS) is 12.0. The minimum Gasteiger partial charge on any atom is -0.484 e. The minimum absolute atomic E-state index is 0.142. The summed E-state index contributed by atoms with van der Waals surface area (Å²) in [6, 6.07) is 9.74. The van der Waals surface area contributed by atoms with E-state index in [1.165, 1.54) is 20.5 Å². The van der Waals surface area contributed by atoms with Crippen molar-refractivity contribution in [3.05, 3.63) is 67.5 Å². The Bertz CT molecular complexity index is 1820. The Morgan fingerprint density at radius 3 is 2.31 bits per heavy atom. The Morgan fingerprint density at radius 2 is 1.67 bits per heavy atom. The number of hydrogen-bond donors (Lipinski definition) is 4. The van der Waals surface area contributed by atoms with Crippen LogP contribution in [0.15, 0.2) is 51.4 Å². The molecule has 3 amide bonds. The van der Waals surface area contributed by atoms with Gasteiger partial charge in [-0.15, -0.1) is 11.3 Å². The van der Waals surface area contributed by atoms with Gasteiger partial charge < -0.3 is 30.4 Å². The first kappa shape index (κ1) is 35.9. The summed E-state index contributed by atoms with van der Waals surface area (Å²) in [6.45, 7) is 9.89. The third-order valence-electron chi connectivity index (χ3n) is 6.99. The van der Waals surface area contributed by atoms with Crippen LogP contribution in [-0.2, 0) is 33.8 Å².